The van der Waals surface area contributed by atoms with Crippen LogP contribution in [0.25, 0.3) is 0 Å². The SMILES string of the molecule is C\N=C/C(=C(C)/N=C(\N=C(/C)N)c1cncc(F)c1)C(C)C. The Balaban J connectivity index is 3.45. The fourth-order valence-corrected chi connectivity index (χ4v) is 1.88. The molecule has 118 valence electrons. The van der Waals surface area contributed by atoms with Crippen molar-refractivity contribution in [3.05, 3.63) is 41.1 Å². The number of halogens is 1. The molecule has 0 aliphatic carbocycles. The Labute approximate surface area is 130 Å². The molecular formula is C16H22FN5. The topological polar surface area (TPSA) is 76.0 Å². The number of allylic oxidation sites excluding steroid dienone is 2. The number of aliphatic imine (C=N–C) groups is 3. The average Bonchev–Trinajstić information content (AvgIpc) is 2.43. The lowest BCUT2D eigenvalue weighted by molar-refractivity contribution is 0.621. The Bertz CT molecular complexity index is 638. The Morgan fingerprint density at radius 3 is 2.45 bits per heavy atom. The van der Waals surface area contributed by atoms with Gasteiger partial charge in [0.25, 0.3) is 0 Å². The summed E-state index contributed by atoms with van der Waals surface area (Å²) in [6.07, 6.45) is 4.40. The molecule has 1 heterocycles. The van der Waals surface area contributed by atoms with Gasteiger partial charge >= 0.3 is 0 Å². The average molecular weight is 303 g/mol. The van der Waals surface area contributed by atoms with Gasteiger partial charge in [0.15, 0.2) is 5.84 Å². The number of rotatable bonds is 4. The molecule has 1 aromatic rings. The van der Waals surface area contributed by atoms with E-state index in [9.17, 15) is 4.39 Å². The van der Waals surface area contributed by atoms with Gasteiger partial charge in [-0.3, -0.25) is 9.98 Å². The summed E-state index contributed by atoms with van der Waals surface area (Å²) in [4.78, 5) is 16.6. The lowest BCUT2D eigenvalue weighted by Crippen LogP contribution is -2.11. The van der Waals surface area contributed by atoms with Crippen molar-refractivity contribution in [1.82, 2.24) is 4.98 Å². The molecular weight excluding hydrogens is 281 g/mol. The van der Waals surface area contributed by atoms with Crippen LogP contribution >= 0.6 is 0 Å². The van der Waals surface area contributed by atoms with Crippen LogP contribution in [0.2, 0.25) is 0 Å². The predicted octanol–water partition coefficient (Wildman–Crippen LogP) is 2.98. The Kier molecular flexibility index (Phi) is 6.56. The van der Waals surface area contributed by atoms with E-state index in [-0.39, 0.29) is 5.92 Å². The van der Waals surface area contributed by atoms with E-state index in [4.69, 9.17) is 5.73 Å². The summed E-state index contributed by atoms with van der Waals surface area (Å²) in [6, 6.07) is 1.33. The van der Waals surface area contributed by atoms with Crippen molar-refractivity contribution >= 4 is 17.9 Å². The fourth-order valence-electron chi connectivity index (χ4n) is 1.88. The van der Waals surface area contributed by atoms with Gasteiger partial charge in [0.1, 0.15) is 5.82 Å². The quantitative estimate of drug-likeness (QED) is 0.685. The lowest BCUT2D eigenvalue weighted by Gasteiger charge is -2.09. The number of nitrogens with two attached hydrogens (primary N) is 1. The third kappa shape index (κ3) is 5.20. The van der Waals surface area contributed by atoms with Gasteiger partial charge in [0, 0.05) is 30.7 Å². The summed E-state index contributed by atoms with van der Waals surface area (Å²) in [6.45, 7) is 7.62. The van der Waals surface area contributed by atoms with E-state index >= 15 is 0 Å². The van der Waals surface area contributed by atoms with Crippen LogP contribution in [0.5, 0.6) is 0 Å². The molecule has 0 bridgehead atoms. The van der Waals surface area contributed by atoms with Crippen molar-refractivity contribution in [2.24, 2.45) is 26.6 Å². The van der Waals surface area contributed by atoms with Crippen molar-refractivity contribution in [3.63, 3.8) is 0 Å². The second kappa shape index (κ2) is 8.17. The summed E-state index contributed by atoms with van der Waals surface area (Å²) in [5.74, 6) is 0.469. The number of hydrogen-bond donors (Lipinski definition) is 1. The van der Waals surface area contributed by atoms with Crippen LogP contribution in [-0.4, -0.2) is 29.9 Å². The molecule has 2 N–H and O–H groups in total. The predicted molar refractivity (Wildman–Crippen MR) is 90.0 cm³/mol. The molecule has 0 aliphatic heterocycles. The van der Waals surface area contributed by atoms with Crippen LogP contribution in [0.1, 0.15) is 33.3 Å². The highest BCUT2D eigenvalue weighted by molar-refractivity contribution is 6.06. The molecule has 0 spiro atoms. The number of hydrogen-bond acceptors (Lipinski definition) is 3. The zero-order chi connectivity index (χ0) is 16.7. The molecule has 0 saturated heterocycles. The first-order chi connectivity index (χ1) is 10.3. The third-order valence-electron chi connectivity index (χ3n) is 2.83. The minimum absolute atomic E-state index is 0.252. The summed E-state index contributed by atoms with van der Waals surface area (Å²) in [5, 5.41) is 0. The van der Waals surface area contributed by atoms with E-state index in [1.165, 1.54) is 12.3 Å². The van der Waals surface area contributed by atoms with Crippen LogP contribution in [0, 0.1) is 11.7 Å². The molecule has 1 aromatic heterocycles. The van der Waals surface area contributed by atoms with Crippen molar-refractivity contribution in [2.75, 3.05) is 7.05 Å². The van der Waals surface area contributed by atoms with Gasteiger partial charge in [-0.2, -0.15) is 0 Å². The first kappa shape index (κ1) is 17.7. The molecule has 0 atom stereocenters. The molecule has 0 unspecified atom stereocenters. The molecule has 0 fully saturated rings. The molecule has 5 nitrogen and oxygen atoms in total. The Morgan fingerprint density at radius 1 is 1.27 bits per heavy atom. The number of amidine groups is 2. The van der Waals surface area contributed by atoms with Gasteiger partial charge in [-0.1, -0.05) is 13.8 Å². The Hall–Kier alpha value is -2.37. The van der Waals surface area contributed by atoms with E-state index in [2.05, 4.69) is 33.8 Å². The standard InChI is InChI=1S/C16H22FN5/c1-10(2)15(9-19-5)11(3)21-16(22-12(4)18)13-6-14(17)8-20-7-13/h6-10H,1-5H3,(H2,18,21,22)/b15-11-,19-9-. The highest BCUT2D eigenvalue weighted by Gasteiger charge is 2.09. The number of nitrogens with zero attached hydrogens (tertiary/aromatic N) is 4. The fraction of sp³-hybridized carbons (Fsp3) is 0.375. The third-order valence-corrected chi connectivity index (χ3v) is 2.83. The van der Waals surface area contributed by atoms with E-state index in [0.29, 0.717) is 17.2 Å². The minimum Gasteiger partial charge on any atom is -0.387 e. The molecule has 0 saturated carbocycles. The summed E-state index contributed by atoms with van der Waals surface area (Å²) >= 11 is 0. The van der Waals surface area contributed by atoms with Gasteiger partial charge in [-0.15, -0.1) is 0 Å². The molecule has 1 rings (SSSR count). The molecule has 0 aliphatic rings. The van der Waals surface area contributed by atoms with Gasteiger partial charge in [0.05, 0.1) is 12.0 Å². The Morgan fingerprint density at radius 2 is 1.95 bits per heavy atom. The molecule has 0 radical (unpaired) electrons. The van der Waals surface area contributed by atoms with E-state index in [1.54, 1.807) is 20.2 Å². The summed E-state index contributed by atoms with van der Waals surface area (Å²) < 4.78 is 13.4. The van der Waals surface area contributed by atoms with Crippen LogP contribution in [0.15, 0.2) is 44.7 Å². The zero-order valence-corrected chi connectivity index (χ0v) is 13.6. The summed E-state index contributed by atoms with van der Waals surface area (Å²) in [5.41, 5.74) is 7.86. The van der Waals surface area contributed by atoms with Gasteiger partial charge < -0.3 is 5.73 Å². The maximum Gasteiger partial charge on any atom is 0.163 e. The van der Waals surface area contributed by atoms with Crippen molar-refractivity contribution in [1.29, 1.82) is 0 Å². The molecule has 0 amide bonds. The first-order valence-electron chi connectivity index (χ1n) is 6.98. The van der Waals surface area contributed by atoms with E-state index in [0.717, 1.165) is 17.5 Å². The summed E-state index contributed by atoms with van der Waals surface area (Å²) in [7, 11) is 1.71. The molecule has 22 heavy (non-hydrogen) atoms. The van der Waals surface area contributed by atoms with Crippen molar-refractivity contribution in [3.8, 4) is 0 Å². The van der Waals surface area contributed by atoms with Crippen LogP contribution < -0.4 is 5.73 Å². The largest absolute Gasteiger partial charge is 0.387 e. The van der Waals surface area contributed by atoms with Gasteiger partial charge in [-0.25, -0.2) is 14.4 Å². The normalized spacial score (nSPS) is 14.7. The van der Waals surface area contributed by atoms with Crippen molar-refractivity contribution in [2.45, 2.75) is 27.7 Å². The molecule has 6 heteroatoms. The van der Waals surface area contributed by atoms with Gasteiger partial charge in [-0.05, 0) is 31.4 Å². The first-order valence-corrected chi connectivity index (χ1v) is 6.98. The second-order valence-electron chi connectivity index (χ2n) is 5.16. The second-order valence-corrected chi connectivity index (χ2v) is 5.16. The van der Waals surface area contributed by atoms with Crippen LogP contribution in [0.3, 0.4) is 0 Å². The number of aromatic nitrogens is 1. The minimum atomic E-state index is -0.448. The van der Waals surface area contributed by atoms with E-state index < -0.39 is 5.82 Å². The lowest BCUT2D eigenvalue weighted by atomic mass is 10.0. The highest BCUT2D eigenvalue weighted by atomic mass is 19.1. The number of pyridine rings is 1. The maximum atomic E-state index is 13.4. The van der Waals surface area contributed by atoms with Crippen molar-refractivity contribution < 1.29 is 4.39 Å². The smallest absolute Gasteiger partial charge is 0.163 e. The highest BCUT2D eigenvalue weighted by Crippen LogP contribution is 2.16. The zero-order valence-electron chi connectivity index (χ0n) is 13.6. The maximum absolute atomic E-state index is 13.4. The van der Waals surface area contributed by atoms with Gasteiger partial charge in [0.2, 0.25) is 0 Å². The van der Waals surface area contributed by atoms with E-state index in [1.807, 2.05) is 6.92 Å². The monoisotopic (exact) mass is 303 g/mol. The van der Waals surface area contributed by atoms with Crippen LogP contribution in [-0.2, 0) is 0 Å². The van der Waals surface area contributed by atoms with Crippen LogP contribution in [0.4, 0.5) is 4.39 Å². The molecule has 0 aromatic carbocycles.